The van der Waals surface area contributed by atoms with Crippen molar-refractivity contribution in [3.8, 4) is 0 Å². The van der Waals surface area contributed by atoms with Gasteiger partial charge in [-0.05, 0) is 49.8 Å². The molecule has 0 saturated heterocycles. The first kappa shape index (κ1) is 13.3. The van der Waals surface area contributed by atoms with Gasteiger partial charge in [0.05, 0.1) is 11.1 Å². The Balaban J connectivity index is 2.35. The number of nitrogens with zero attached hydrogens (tertiary/aromatic N) is 1. The summed E-state index contributed by atoms with van der Waals surface area (Å²) in [5.74, 6) is -0.796. The molecule has 0 spiro atoms. The molecule has 1 aliphatic carbocycles. The predicted molar refractivity (Wildman–Crippen MR) is 77.2 cm³/mol. The van der Waals surface area contributed by atoms with E-state index in [9.17, 15) is 8.78 Å². The van der Waals surface area contributed by atoms with Crippen molar-refractivity contribution in [2.45, 2.75) is 39.5 Å². The first-order chi connectivity index (χ1) is 9.63. The summed E-state index contributed by atoms with van der Waals surface area (Å²) in [6, 6.07) is 1.23. The molecule has 0 radical (unpaired) electrons. The van der Waals surface area contributed by atoms with Gasteiger partial charge in [-0.1, -0.05) is 6.92 Å². The Morgan fingerprint density at radius 1 is 1.30 bits per heavy atom. The SMILES string of the molecule is CCCNc1c2c(nc3c(F)cc(C)c(F)c13)CCC2. The van der Waals surface area contributed by atoms with Crippen molar-refractivity contribution < 1.29 is 8.78 Å². The fourth-order valence-electron chi connectivity index (χ4n) is 2.93. The van der Waals surface area contributed by atoms with E-state index in [4.69, 9.17) is 0 Å². The maximum absolute atomic E-state index is 14.5. The summed E-state index contributed by atoms with van der Waals surface area (Å²) in [6.07, 6.45) is 3.68. The summed E-state index contributed by atoms with van der Waals surface area (Å²) >= 11 is 0. The lowest BCUT2D eigenvalue weighted by Crippen LogP contribution is -2.07. The molecule has 1 N–H and O–H groups in total. The van der Waals surface area contributed by atoms with E-state index in [-0.39, 0.29) is 11.3 Å². The highest BCUT2D eigenvalue weighted by Gasteiger charge is 2.23. The van der Waals surface area contributed by atoms with Crippen LogP contribution in [-0.4, -0.2) is 11.5 Å². The van der Waals surface area contributed by atoms with Crippen LogP contribution in [0, 0.1) is 18.6 Å². The minimum absolute atomic E-state index is 0.160. The van der Waals surface area contributed by atoms with Crippen LogP contribution in [0.25, 0.3) is 10.9 Å². The molecule has 0 fully saturated rings. The summed E-state index contributed by atoms with van der Waals surface area (Å²) in [7, 11) is 0. The zero-order valence-electron chi connectivity index (χ0n) is 11.8. The standard InChI is InChI=1S/C16H18F2N2/c1-3-7-19-15-10-5-4-6-12(10)20-16-11(17)8-9(2)14(18)13(15)16/h8H,3-7H2,1-2H3,(H,19,20). The Kier molecular flexibility index (Phi) is 3.32. The first-order valence-corrected chi connectivity index (χ1v) is 7.17. The number of benzene rings is 1. The largest absolute Gasteiger partial charge is 0.384 e. The van der Waals surface area contributed by atoms with Crippen LogP contribution in [0.15, 0.2) is 6.07 Å². The predicted octanol–water partition coefficient (Wildman–Crippen LogP) is 4.13. The molecule has 0 bridgehead atoms. The van der Waals surface area contributed by atoms with Crippen LogP contribution < -0.4 is 5.32 Å². The number of aryl methyl sites for hydroxylation is 2. The molecule has 1 heterocycles. The number of anilines is 1. The van der Waals surface area contributed by atoms with E-state index in [2.05, 4.69) is 17.2 Å². The summed E-state index contributed by atoms with van der Waals surface area (Å²) in [4.78, 5) is 4.37. The maximum Gasteiger partial charge on any atom is 0.149 e. The molecule has 0 saturated carbocycles. The van der Waals surface area contributed by atoms with Gasteiger partial charge in [-0.2, -0.15) is 0 Å². The summed E-state index contributed by atoms with van der Waals surface area (Å²) in [6.45, 7) is 4.40. The number of fused-ring (bicyclic) bond motifs is 2. The summed E-state index contributed by atoms with van der Waals surface area (Å²) in [5, 5.41) is 3.60. The molecule has 2 nitrogen and oxygen atoms in total. The number of nitrogens with one attached hydrogen (secondary N) is 1. The van der Waals surface area contributed by atoms with Gasteiger partial charge < -0.3 is 5.32 Å². The second-order valence-corrected chi connectivity index (χ2v) is 5.41. The van der Waals surface area contributed by atoms with Gasteiger partial charge in [-0.25, -0.2) is 13.8 Å². The zero-order valence-corrected chi connectivity index (χ0v) is 11.8. The van der Waals surface area contributed by atoms with Crippen LogP contribution in [0.5, 0.6) is 0 Å². The van der Waals surface area contributed by atoms with Crippen LogP contribution in [0.1, 0.15) is 36.6 Å². The van der Waals surface area contributed by atoms with Crippen LogP contribution >= 0.6 is 0 Å². The molecule has 3 rings (SSSR count). The van der Waals surface area contributed by atoms with E-state index in [0.29, 0.717) is 10.9 Å². The smallest absolute Gasteiger partial charge is 0.149 e. The van der Waals surface area contributed by atoms with Crippen LogP contribution in [0.4, 0.5) is 14.5 Å². The van der Waals surface area contributed by atoms with Crippen molar-refractivity contribution in [1.82, 2.24) is 4.98 Å². The van der Waals surface area contributed by atoms with Gasteiger partial charge in [0.1, 0.15) is 17.2 Å². The number of pyridine rings is 1. The van der Waals surface area contributed by atoms with Crippen molar-refractivity contribution in [2.24, 2.45) is 0 Å². The van der Waals surface area contributed by atoms with E-state index in [0.717, 1.165) is 49.2 Å². The minimum atomic E-state index is -0.437. The molecule has 4 heteroatoms. The van der Waals surface area contributed by atoms with Crippen LogP contribution in [0.3, 0.4) is 0 Å². The third kappa shape index (κ3) is 1.94. The van der Waals surface area contributed by atoms with Gasteiger partial charge in [-0.3, -0.25) is 0 Å². The molecule has 0 amide bonds. The third-order valence-corrected chi connectivity index (χ3v) is 3.91. The quantitative estimate of drug-likeness (QED) is 0.911. The number of aromatic nitrogens is 1. The van der Waals surface area contributed by atoms with Crippen LogP contribution in [-0.2, 0) is 12.8 Å². The molecule has 0 aliphatic heterocycles. The molecule has 0 unspecified atom stereocenters. The topological polar surface area (TPSA) is 24.9 Å². The molecular weight excluding hydrogens is 258 g/mol. The lowest BCUT2D eigenvalue weighted by molar-refractivity contribution is 0.607. The Bertz CT molecular complexity index is 680. The second-order valence-electron chi connectivity index (χ2n) is 5.41. The molecule has 1 aromatic heterocycles. The van der Waals surface area contributed by atoms with Gasteiger partial charge in [0.2, 0.25) is 0 Å². The number of hydrogen-bond donors (Lipinski definition) is 1. The lowest BCUT2D eigenvalue weighted by atomic mass is 10.0. The molecule has 106 valence electrons. The molecule has 2 aromatic rings. The van der Waals surface area contributed by atoms with Crippen molar-refractivity contribution in [3.63, 3.8) is 0 Å². The van der Waals surface area contributed by atoms with Crippen molar-refractivity contribution >= 4 is 16.6 Å². The lowest BCUT2D eigenvalue weighted by Gasteiger charge is -2.16. The molecule has 1 aromatic carbocycles. The fourth-order valence-corrected chi connectivity index (χ4v) is 2.93. The van der Waals surface area contributed by atoms with E-state index >= 15 is 0 Å². The van der Waals surface area contributed by atoms with Gasteiger partial charge in [0.15, 0.2) is 0 Å². The Hall–Kier alpha value is -1.71. The Labute approximate surface area is 117 Å². The van der Waals surface area contributed by atoms with Crippen molar-refractivity contribution in [2.75, 3.05) is 11.9 Å². The Morgan fingerprint density at radius 2 is 2.10 bits per heavy atom. The average molecular weight is 276 g/mol. The maximum atomic E-state index is 14.5. The zero-order chi connectivity index (χ0) is 14.3. The van der Waals surface area contributed by atoms with Crippen molar-refractivity contribution in [3.05, 3.63) is 34.5 Å². The fraction of sp³-hybridized carbons (Fsp3) is 0.438. The minimum Gasteiger partial charge on any atom is -0.384 e. The highest BCUT2D eigenvalue weighted by molar-refractivity contribution is 5.95. The summed E-state index contributed by atoms with van der Waals surface area (Å²) in [5.41, 5.74) is 3.22. The van der Waals surface area contributed by atoms with Gasteiger partial charge in [-0.15, -0.1) is 0 Å². The van der Waals surface area contributed by atoms with Gasteiger partial charge in [0.25, 0.3) is 0 Å². The highest BCUT2D eigenvalue weighted by atomic mass is 19.1. The average Bonchev–Trinajstić information content (AvgIpc) is 2.89. The summed E-state index contributed by atoms with van der Waals surface area (Å²) < 4.78 is 28.6. The molecular formula is C16H18F2N2. The van der Waals surface area contributed by atoms with E-state index in [1.54, 1.807) is 6.92 Å². The van der Waals surface area contributed by atoms with E-state index in [1.807, 2.05) is 0 Å². The van der Waals surface area contributed by atoms with E-state index in [1.165, 1.54) is 6.07 Å². The number of rotatable bonds is 3. The highest BCUT2D eigenvalue weighted by Crippen LogP contribution is 2.37. The Morgan fingerprint density at radius 3 is 2.85 bits per heavy atom. The number of hydrogen-bond acceptors (Lipinski definition) is 2. The van der Waals surface area contributed by atoms with E-state index < -0.39 is 5.82 Å². The number of halogens is 2. The van der Waals surface area contributed by atoms with Gasteiger partial charge in [0, 0.05) is 12.2 Å². The first-order valence-electron chi connectivity index (χ1n) is 7.17. The van der Waals surface area contributed by atoms with Gasteiger partial charge >= 0.3 is 0 Å². The normalized spacial score (nSPS) is 13.8. The third-order valence-electron chi connectivity index (χ3n) is 3.91. The monoisotopic (exact) mass is 276 g/mol. The van der Waals surface area contributed by atoms with Crippen molar-refractivity contribution in [1.29, 1.82) is 0 Å². The second kappa shape index (κ2) is 5.00. The van der Waals surface area contributed by atoms with Crippen LogP contribution in [0.2, 0.25) is 0 Å². The molecule has 20 heavy (non-hydrogen) atoms. The molecule has 1 aliphatic rings. The molecule has 0 atom stereocenters.